The first-order chi connectivity index (χ1) is 10.2. The number of esters is 1. The van der Waals surface area contributed by atoms with Crippen molar-refractivity contribution < 1.29 is 28.6 Å². The number of hydrogen-bond acceptors (Lipinski definition) is 6. The highest BCUT2D eigenvalue weighted by Crippen LogP contribution is 2.33. The van der Waals surface area contributed by atoms with Gasteiger partial charge in [-0.2, -0.15) is 0 Å². The number of hydrogen-bond donors (Lipinski definition) is 0. The first-order valence-electron chi connectivity index (χ1n) is 7.43. The van der Waals surface area contributed by atoms with Crippen molar-refractivity contribution in [1.29, 1.82) is 0 Å². The zero-order chi connectivity index (χ0) is 16.5. The summed E-state index contributed by atoms with van der Waals surface area (Å²) in [5.74, 6) is -0.665. The van der Waals surface area contributed by atoms with Crippen LogP contribution in [0.4, 0.5) is 4.79 Å². The molecule has 2 fully saturated rings. The van der Waals surface area contributed by atoms with E-state index in [1.54, 1.807) is 20.8 Å². The zero-order valence-corrected chi connectivity index (χ0v) is 13.5. The van der Waals surface area contributed by atoms with Gasteiger partial charge in [-0.15, -0.1) is 0 Å². The molecule has 0 bridgehead atoms. The smallest absolute Gasteiger partial charge is 0.411 e. The molecule has 2 aliphatic heterocycles. The van der Waals surface area contributed by atoms with E-state index < -0.39 is 29.8 Å². The molecule has 0 spiro atoms. The van der Waals surface area contributed by atoms with Gasteiger partial charge in [-0.25, -0.2) is 9.59 Å². The number of nitrogens with zero attached hydrogens (tertiary/aromatic N) is 1. The topological polar surface area (TPSA) is 82.1 Å². The molecule has 2 rings (SSSR count). The predicted molar refractivity (Wildman–Crippen MR) is 76.2 cm³/mol. The Labute approximate surface area is 129 Å². The van der Waals surface area contributed by atoms with Crippen LogP contribution in [0.1, 0.15) is 33.6 Å². The average Bonchev–Trinajstić information content (AvgIpc) is 2.65. The standard InChI is InChI=1S/C15H23NO6/c1-15(2,3)22-14(19)16-8-9-7-10(17)5-6-21-12(9)11(16)13(18)20-4/h9,11-12H,5-8H2,1-4H3/t9-,11?,12+/m0/s1. The number of ketones is 1. The quantitative estimate of drug-likeness (QED) is 0.675. The largest absolute Gasteiger partial charge is 0.467 e. The van der Waals surface area contributed by atoms with Gasteiger partial charge < -0.3 is 14.2 Å². The third kappa shape index (κ3) is 3.58. The van der Waals surface area contributed by atoms with Crippen LogP contribution < -0.4 is 0 Å². The Kier molecular flexibility index (Phi) is 4.75. The number of methoxy groups -OCH3 is 1. The molecular formula is C15H23NO6. The first-order valence-corrected chi connectivity index (χ1v) is 7.43. The van der Waals surface area contributed by atoms with Gasteiger partial charge in [0.15, 0.2) is 6.04 Å². The summed E-state index contributed by atoms with van der Waals surface area (Å²) < 4.78 is 15.8. The summed E-state index contributed by atoms with van der Waals surface area (Å²) in [5.41, 5.74) is -0.668. The lowest BCUT2D eigenvalue weighted by Gasteiger charge is -2.28. The molecule has 0 N–H and O–H groups in total. The van der Waals surface area contributed by atoms with Crippen LogP contribution in [-0.2, 0) is 23.8 Å². The van der Waals surface area contributed by atoms with Gasteiger partial charge in [-0.05, 0) is 20.8 Å². The number of Topliss-reactive ketones (excluding diaryl/α,β-unsaturated/α-hetero) is 1. The molecule has 2 saturated heterocycles. The lowest BCUT2D eigenvalue weighted by atomic mass is 9.96. The van der Waals surface area contributed by atoms with Crippen LogP contribution >= 0.6 is 0 Å². The van der Waals surface area contributed by atoms with Crippen LogP contribution in [0.2, 0.25) is 0 Å². The summed E-state index contributed by atoms with van der Waals surface area (Å²) in [6.07, 6.45) is -0.469. The molecule has 0 aromatic rings. The molecule has 1 unspecified atom stereocenters. The molecule has 7 nitrogen and oxygen atoms in total. The number of amides is 1. The van der Waals surface area contributed by atoms with Crippen molar-refractivity contribution in [3.8, 4) is 0 Å². The fourth-order valence-corrected chi connectivity index (χ4v) is 2.91. The predicted octanol–water partition coefficient (Wildman–Crippen LogP) is 1.14. The van der Waals surface area contributed by atoms with Crippen LogP contribution in [0.3, 0.4) is 0 Å². The average molecular weight is 313 g/mol. The fourth-order valence-electron chi connectivity index (χ4n) is 2.91. The Bertz CT molecular complexity index is 469. The monoisotopic (exact) mass is 313 g/mol. The second kappa shape index (κ2) is 6.24. The summed E-state index contributed by atoms with van der Waals surface area (Å²) in [4.78, 5) is 37.5. The van der Waals surface area contributed by atoms with Crippen molar-refractivity contribution in [1.82, 2.24) is 4.90 Å². The molecule has 0 aromatic carbocycles. The number of fused-ring (bicyclic) bond motifs is 1. The molecule has 1 amide bonds. The molecule has 7 heteroatoms. The molecule has 0 aliphatic carbocycles. The SMILES string of the molecule is COC(=O)C1[C@@H]2OCCC(=O)C[C@H]2CN1C(=O)OC(C)(C)C. The summed E-state index contributed by atoms with van der Waals surface area (Å²) in [5, 5.41) is 0. The van der Waals surface area contributed by atoms with E-state index in [1.165, 1.54) is 12.0 Å². The molecule has 124 valence electrons. The van der Waals surface area contributed by atoms with Crippen LogP contribution in [0.25, 0.3) is 0 Å². The number of carbonyl (C=O) groups is 3. The van der Waals surface area contributed by atoms with Crippen LogP contribution in [-0.4, -0.2) is 60.8 Å². The van der Waals surface area contributed by atoms with Crippen molar-refractivity contribution in [3.05, 3.63) is 0 Å². The van der Waals surface area contributed by atoms with Gasteiger partial charge in [0.2, 0.25) is 0 Å². The minimum absolute atomic E-state index is 0.0853. The Balaban J connectivity index is 2.23. The van der Waals surface area contributed by atoms with E-state index in [0.29, 0.717) is 12.8 Å². The first kappa shape index (κ1) is 16.7. The van der Waals surface area contributed by atoms with Crippen molar-refractivity contribution in [3.63, 3.8) is 0 Å². The van der Waals surface area contributed by atoms with Crippen molar-refractivity contribution in [2.45, 2.75) is 51.4 Å². The van der Waals surface area contributed by atoms with Gasteiger partial charge in [0, 0.05) is 25.3 Å². The molecule has 0 radical (unpaired) electrons. The maximum absolute atomic E-state index is 12.4. The Hall–Kier alpha value is -1.63. The number of likely N-dealkylation sites (tertiary alicyclic amines) is 1. The van der Waals surface area contributed by atoms with Gasteiger partial charge in [0.1, 0.15) is 11.4 Å². The molecular weight excluding hydrogens is 290 g/mol. The normalized spacial score (nSPS) is 28.8. The minimum atomic E-state index is -0.865. The molecule has 2 aliphatic rings. The van der Waals surface area contributed by atoms with Crippen molar-refractivity contribution in [2.75, 3.05) is 20.3 Å². The summed E-state index contributed by atoms with van der Waals surface area (Å²) in [6.45, 7) is 5.78. The van der Waals surface area contributed by atoms with Gasteiger partial charge in [-0.3, -0.25) is 9.69 Å². The maximum atomic E-state index is 12.4. The second-order valence-corrected chi connectivity index (χ2v) is 6.69. The minimum Gasteiger partial charge on any atom is -0.467 e. The van der Waals surface area contributed by atoms with Crippen LogP contribution in [0, 0.1) is 5.92 Å². The third-order valence-electron chi connectivity index (χ3n) is 3.79. The summed E-state index contributed by atoms with van der Waals surface area (Å²) >= 11 is 0. The second-order valence-electron chi connectivity index (χ2n) is 6.69. The highest BCUT2D eigenvalue weighted by molar-refractivity contribution is 5.84. The van der Waals surface area contributed by atoms with E-state index in [4.69, 9.17) is 14.2 Å². The third-order valence-corrected chi connectivity index (χ3v) is 3.79. The van der Waals surface area contributed by atoms with E-state index >= 15 is 0 Å². The molecule has 0 saturated carbocycles. The van der Waals surface area contributed by atoms with Crippen molar-refractivity contribution in [2.24, 2.45) is 5.92 Å². The van der Waals surface area contributed by atoms with Gasteiger partial charge in [0.25, 0.3) is 0 Å². The number of ether oxygens (including phenoxy) is 3. The van der Waals surface area contributed by atoms with Gasteiger partial charge in [0.05, 0.1) is 19.8 Å². The van der Waals surface area contributed by atoms with E-state index in [0.717, 1.165) is 0 Å². The number of rotatable bonds is 1. The lowest BCUT2D eigenvalue weighted by molar-refractivity contribution is -0.150. The fraction of sp³-hybridized carbons (Fsp3) is 0.800. The van der Waals surface area contributed by atoms with Gasteiger partial charge >= 0.3 is 12.1 Å². The van der Waals surface area contributed by atoms with Crippen LogP contribution in [0.15, 0.2) is 0 Å². The molecule has 2 heterocycles. The Morgan fingerprint density at radius 3 is 2.59 bits per heavy atom. The Morgan fingerprint density at radius 2 is 2.00 bits per heavy atom. The molecule has 0 aromatic heterocycles. The highest BCUT2D eigenvalue weighted by atomic mass is 16.6. The lowest BCUT2D eigenvalue weighted by Crippen LogP contribution is -2.48. The summed E-state index contributed by atoms with van der Waals surface area (Å²) in [7, 11) is 1.27. The molecule has 22 heavy (non-hydrogen) atoms. The number of carbonyl (C=O) groups excluding carboxylic acids is 3. The maximum Gasteiger partial charge on any atom is 0.411 e. The van der Waals surface area contributed by atoms with E-state index in [9.17, 15) is 14.4 Å². The van der Waals surface area contributed by atoms with Crippen molar-refractivity contribution >= 4 is 17.8 Å². The molecule has 3 atom stereocenters. The van der Waals surface area contributed by atoms with E-state index in [1.807, 2.05) is 0 Å². The highest BCUT2D eigenvalue weighted by Gasteiger charge is 2.51. The van der Waals surface area contributed by atoms with Crippen LogP contribution in [0.5, 0.6) is 0 Å². The van der Waals surface area contributed by atoms with Gasteiger partial charge in [-0.1, -0.05) is 0 Å². The van der Waals surface area contributed by atoms with E-state index in [2.05, 4.69) is 0 Å². The zero-order valence-electron chi connectivity index (χ0n) is 13.5. The van der Waals surface area contributed by atoms with E-state index in [-0.39, 0.29) is 24.9 Å². The Morgan fingerprint density at radius 1 is 1.32 bits per heavy atom. The summed E-state index contributed by atoms with van der Waals surface area (Å²) in [6, 6.07) is -0.865.